The number of rotatable bonds is 6. The minimum Gasteiger partial charge on any atom is -0.495 e. The van der Waals surface area contributed by atoms with Crippen LogP contribution in [0.25, 0.3) is 6.08 Å². The summed E-state index contributed by atoms with van der Waals surface area (Å²) in [6.07, 6.45) is 1.34. The number of hydrogen-bond acceptors (Lipinski definition) is 4. The number of benzene rings is 2. The molecule has 2 aromatic carbocycles. The first-order valence-electron chi connectivity index (χ1n) is 7.14. The molecule has 2 aromatic rings. The number of methoxy groups -OCH3 is 1. The van der Waals surface area contributed by atoms with Gasteiger partial charge in [0.2, 0.25) is 0 Å². The van der Waals surface area contributed by atoms with Crippen LogP contribution in [0.3, 0.4) is 0 Å². The Bertz CT molecular complexity index is 812. The van der Waals surface area contributed by atoms with Gasteiger partial charge >= 0.3 is 6.61 Å². The average molecular weight is 344 g/mol. The highest BCUT2D eigenvalue weighted by molar-refractivity contribution is 6.10. The first-order chi connectivity index (χ1) is 12.0. The van der Waals surface area contributed by atoms with E-state index in [9.17, 15) is 18.8 Å². The zero-order valence-corrected chi connectivity index (χ0v) is 13.2. The first-order valence-corrected chi connectivity index (χ1v) is 7.14. The van der Waals surface area contributed by atoms with Crippen LogP contribution in [0.5, 0.6) is 11.5 Å². The number of para-hydroxylation sites is 2. The summed E-state index contributed by atoms with van der Waals surface area (Å²) in [5.74, 6) is -0.161. The Kier molecular flexibility index (Phi) is 6.07. The SMILES string of the molecule is COc1ccccc1NC(=O)/C(C#N)=C/c1ccc(OC(F)F)cc1. The smallest absolute Gasteiger partial charge is 0.387 e. The van der Waals surface area contributed by atoms with Crippen molar-refractivity contribution in [1.82, 2.24) is 0 Å². The predicted molar refractivity (Wildman–Crippen MR) is 88.3 cm³/mol. The Balaban J connectivity index is 2.16. The second-order valence-electron chi connectivity index (χ2n) is 4.77. The molecule has 0 bridgehead atoms. The van der Waals surface area contributed by atoms with Crippen LogP contribution >= 0.6 is 0 Å². The third-order valence-electron chi connectivity index (χ3n) is 3.14. The molecular formula is C18H14F2N2O3. The third kappa shape index (κ3) is 5.04. The Morgan fingerprint density at radius 2 is 1.88 bits per heavy atom. The summed E-state index contributed by atoms with van der Waals surface area (Å²) in [7, 11) is 1.47. The Labute approximate surface area is 143 Å². The van der Waals surface area contributed by atoms with Crippen LogP contribution in [-0.4, -0.2) is 19.6 Å². The van der Waals surface area contributed by atoms with Crippen LogP contribution in [0.1, 0.15) is 5.56 Å². The van der Waals surface area contributed by atoms with Crippen LogP contribution < -0.4 is 14.8 Å². The third-order valence-corrected chi connectivity index (χ3v) is 3.14. The lowest BCUT2D eigenvalue weighted by Gasteiger charge is -2.09. The number of hydrogen-bond donors (Lipinski definition) is 1. The second kappa shape index (κ2) is 8.45. The number of nitrogens with zero attached hydrogens (tertiary/aromatic N) is 1. The summed E-state index contributed by atoms with van der Waals surface area (Å²) in [5, 5.41) is 11.8. The number of anilines is 1. The molecule has 2 rings (SSSR count). The van der Waals surface area contributed by atoms with Gasteiger partial charge in [0, 0.05) is 0 Å². The zero-order valence-electron chi connectivity index (χ0n) is 13.2. The highest BCUT2D eigenvalue weighted by Gasteiger charge is 2.12. The van der Waals surface area contributed by atoms with Crippen molar-refractivity contribution in [1.29, 1.82) is 5.26 Å². The number of halogens is 2. The highest BCUT2D eigenvalue weighted by atomic mass is 19.3. The summed E-state index contributed by atoms with van der Waals surface area (Å²) in [6.45, 7) is -2.91. The predicted octanol–water partition coefficient (Wildman–Crippen LogP) is 3.84. The Morgan fingerprint density at radius 1 is 1.20 bits per heavy atom. The summed E-state index contributed by atoms with van der Waals surface area (Å²) < 4.78 is 33.6. The number of amides is 1. The van der Waals surface area contributed by atoms with Gasteiger partial charge in [-0.3, -0.25) is 4.79 Å². The van der Waals surface area contributed by atoms with Crippen LogP contribution in [0.4, 0.5) is 14.5 Å². The van der Waals surface area contributed by atoms with E-state index in [1.165, 1.54) is 37.5 Å². The van der Waals surface area contributed by atoms with Crippen molar-refractivity contribution >= 4 is 17.7 Å². The first kappa shape index (κ1) is 17.9. The molecule has 1 amide bonds. The molecule has 0 fully saturated rings. The quantitative estimate of drug-likeness (QED) is 0.638. The lowest BCUT2D eigenvalue weighted by Crippen LogP contribution is -2.14. The van der Waals surface area contributed by atoms with E-state index in [1.807, 2.05) is 6.07 Å². The molecule has 0 saturated heterocycles. The van der Waals surface area contributed by atoms with Crippen LogP contribution in [-0.2, 0) is 4.79 Å². The Hall–Kier alpha value is -3.40. The van der Waals surface area contributed by atoms with Gasteiger partial charge in [0.1, 0.15) is 23.1 Å². The number of alkyl halides is 2. The molecule has 7 heteroatoms. The van der Waals surface area contributed by atoms with E-state index in [2.05, 4.69) is 10.1 Å². The largest absolute Gasteiger partial charge is 0.495 e. The van der Waals surface area contributed by atoms with Crippen LogP contribution in [0.2, 0.25) is 0 Å². The van der Waals surface area contributed by atoms with E-state index >= 15 is 0 Å². The summed E-state index contributed by atoms with van der Waals surface area (Å²) >= 11 is 0. The molecule has 128 valence electrons. The molecule has 0 saturated carbocycles. The van der Waals surface area contributed by atoms with Gasteiger partial charge in [0.25, 0.3) is 5.91 Å². The van der Waals surface area contributed by atoms with E-state index in [1.54, 1.807) is 24.3 Å². The van der Waals surface area contributed by atoms with Crippen molar-refractivity contribution in [2.24, 2.45) is 0 Å². The average Bonchev–Trinajstić information content (AvgIpc) is 2.61. The van der Waals surface area contributed by atoms with Gasteiger partial charge in [0.05, 0.1) is 12.8 Å². The van der Waals surface area contributed by atoms with Crippen molar-refractivity contribution in [3.05, 3.63) is 59.7 Å². The maximum absolute atomic E-state index is 12.2. The molecule has 0 aliphatic heterocycles. The molecule has 0 spiro atoms. The topological polar surface area (TPSA) is 71.3 Å². The minimum absolute atomic E-state index is 0.0101. The molecule has 1 N–H and O–H groups in total. The fourth-order valence-corrected chi connectivity index (χ4v) is 2.00. The van der Waals surface area contributed by atoms with Gasteiger partial charge < -0.3 is 14.8 Å². The molecule has 0 aliphatic carbocycles. The van der Waals surface area contributed by atoms with E-state index < -0.39 is 12.5 Å². The maximum atomic E-state index is 12.2. The van der Waals surface area contributed by atoms with Crippen LogP contribution in [0, 0.1) is 11.3 Å². The Morgan fingerprint density at radius 3 is 2.48 bits per heavy atom. The molecule has 0 unspecified atom stereocenters. The van der Waals surface area contributed by atoms with Gasteiger partial charge in [-0.25, -0.2) is 0 Å². The molecular weight excluding hydrogens is 330 g/mol. The fourth-order valence-electron chi connectivity index (χ4n) is 2.00. The van der Waals surface area contributed by atoms with E-state index in [4.69, 9.17) is 4.74 Å². The molecule has 5 nitrogen and oxygen atoms in total. The van der Waals surface area contributed by atoms with Gasteiger partial charge in [-0.1, -0.05) is 24.3 Å². The molecule has 0 aliphatic rings. The van der Waals surface area contributed by atoms with Crippen LogP contribution in [0.15, 0.2) is 54.1 Å². The zero-order chi connectivity index (χ0) is 18.2. The summed E-state index contributed by atoms with van der Waals surface area (Å²) in [4.78, 5) is 12.2. The number of carbonyl (C=O) groups is 1. The standard InChI is InChI=1S/C18H14F2N2O3/c1-24-16-5-3-2-4-15(16)22-17(23)13(11-21)10-12-6-8-14(9-7-12)25-18(19)20/h2-10,18H,1H3,(H,22,23)/b13-10+. The summed E-state index contributed by atoms with van der Waals surface area (Å²) in [6, 6.07) is 14.2. The van der Waals surface area contributed by atoms with Gasteiger partial charge in [-0.2, -0.15) is 14.0 Å². The monoisotopic (exact) mass is 344 g/mol. The molecule has 0 heterocycles. The van der Waals surface area contributed by atoms with Gasteiger partial charge in [0.15, 0.2) is 0 Å². The van der Waals surface area contributed by atoms with E-state index in [0.717, 1.165) is 0 Å². The molecule has 25 heavy (non-hydrogen) atoms. The van der Waals surface area contributed by atoms with Gasteiger partial charge in [-0.15, -0.1) is 0 Å². The van der Waals surface area contributed by atoms with Crippen molar-refractivity contribution in [3.63, 3.8) is 0 Å². The number of nitrogens with one attached hydrogen (secondary N) is 1. The molecule has 0 atom stereocenters. The summed E-state index contributed by atoms with van der Waals surface area (Å²) in [5.41, 5.74) is 0.776. The highest BCUT2D eigenvalue weighted by Crippen LogP contribution is 2.24. The van der Waals surface area contributed by atoms with Gasteiger partial charge in [-0.05, 0) is 35.9 Å². The number of ether oxygens (including phenoxy) is 2. The molecule has 0 radical (unpaired) electrons. The lowest BCUT2D eigenvalue weighted by molar-refractivity contribution is -0.112. The lowest BCUT2D eigenvalue weighted by atomic mass is 10.1. The minimum atomic E-state index is -2.91. The van der Waals surface area contributed by atoms with Crippen molar-refractivity contribution < 1.29 is 23.0 Å². The van der Waals surface area contributed by atoms with E-state index in [0.29, 0.717) is 17.0 Å². The van der Waals surface area contributed by atoms with Crippen molar-refractivity contribution in [2.45, 2.75) is 6.61 Å². The number of carbonyl (C=O) groups excluding carboxylic acids is 1. The number of nitriles is 1. The maximum Gasteiger partial charge on any atom is 0.387 e. The molecule has 0 aromatic heterocycles. The van der Waals surface area contributed by atoms with Crippen molar-refractivity contribution in [2.75, 3.05) is 12.4 Å². The normalized spacial score (nSPS) is 10.9. The second-order valence-corrected chi connectivity index (χ2v) is 4.77. The fraction of sp³-hybridized carbons (Fsp3) is 0.111. The van der Waals surface area contributed by atoms with E-state index in [-0.39, 0.29) is 11.3 Å². The van der Waals surface area contributed by atoms with Crippen molar-refractivity contribution in [3.8, 4) is 17.6 Å².